The van der Waals surface area contributed by atoms with Gasteiger partial charge in [0.2, 0.25) is 0 Å². The maximum Gasteiger partial charge on any atom is 0.0223 e. The molecule has 1 atom stereocenters. The molecule has 2 aliphatic rings. The Morgan fingerprint density at radius 1 is 0.941 bits per heavy atom. The van der Waals surface area contributed by atoms with Crippen LogP contribution in [0, 0.1) is 0 Å². The molecule has 2 heterocycles. The molecule has 2 fully saturated rings. The first-order valence-corrected chi connectivity index (χ1v) is 7.96. The molecular formula is C14H27ClN2. The zero-order valence-electron chi connectivity index (χ0n) is 11.0. The molecule has 2 nitrogen and oxygen atoms in total. The van der Waals surface area contributed by atoms with Gasteiger partial charge in [-0.25, -0.2) is 0 Å². The van der Waals surface area contributed by atoms with Gasteiger partial charge in [0.15, 0.2) is 0 Å². The van der Waals surface area contributed by atoms with Gasteiger partial charge in [0, 0.05) is 31.6 Å². The third-order valence-corrected chi connectivity index (χ3v) is 4.55. The fourth-order valence-electron chi connectivity index (χ4n) is 3.21. The molecule has 0 amide bonds. The van der Waals surface area contributed by atoms with Crippen molar-refractivity contribution in [3.05, 3.63) is 0 Å². The highest BCUT2D eigenvalue weighted by molar-refractivity contribution is 6.17. The molecule has 0 bridgehead atoms. The zero-order chi connectivity index (χ0) is 11.9. The summed E-state index contributed by atoms with van der Waals surface area (Å²) >= 11 is 5.69. The molecule has 0 aromatic rings. The summed E-state index contributed by atoms with van der Waals surface area (Å²) in [5.41, 5.74) is 0. The van der Waals surface area contributed by atoms with Gasteiger partial charge in [-0.2, -0.15) is 0 Å². The summed E-state index contributed by atoms with van der Waals surface area (Å²) in [4.78, 5) is 5.40. The molecule has 0 aromatic carbocycles. The van der Waals surface area contributed by atoms with Gasteiger partial charge in [0.05, 0.1) is 0 Å². The van der Waals surface area contributed by atoms with Crippen LogP contribution in [0.5, 0.6) is 0 Å². The van der Waals surface area contributed by atoms with E-state index < -0.39 is 0 Å². The van der Waals surface area contributed by atoms with E-state index in [0.717, 1.165) is 11.9 Å². The number of hydrogen-bond acceptors (Lipinski definition) is 2. The number of alkyl halides is 1. The van der Waals surface area contributed by atoms with Gasteiger partial charge in [0.25, 0.3) is 0 Å². The summed E-state index contributed by atoms with van der Waals surface area (Å²) in [6.45, 7) is 6.61. The van der Waals surface area contributed by atoms with Gasteiger partial charge < -0.3 is 4.90 Å². The SMILES string of the molecule is ClCCCCCCN1CCN2CCCCC2C1. The number of nitrogens with zero attached hydrogens (tertiary/aromatic N) is 2. The van der Waals surface area contributed by atoms with Crippen LogP contribution in [-0.4, -0.2) is 54.4 Å². The quantitative estimate of drug-likeness (QED) is 0.534. The lowest BCUT2D eigenvalue weighted by Crippen LogP contribution is -2.54. The van der Waals surface area contributed by atoms with Gasteiger partial charge in [0.1, 0.15) is 0 Å². The normalized spacial score (nSPS) is 27.0. The van der Waals surface area contributed by atoms with Crippen LogP contribution in [0.3, 0.4) is 0 Å². The van der Waals surface area contributed by atoms with E-state index in [1.807, 2.05) is 0 Å². The second-order valence-corrected chi connectivity index (χ2v) is 5.97. The number of unbranched alkanes of at least 4 members (excludes halogenated alkanes) is 3. The third kappa shape index (κ3) is 4.42. The minimum atomic E-state index is 0.834. The zero-order valence-corrected chi connectivity index (χ0v) is 11.8. The number of piperazine rings is 1. The second-order valence-electron chi connectivity index (χ2n) is 5.59. The van der Waals surface area contributed by atoms with Crippen LogP contribution < -0.4 is 0 Å². The maximum atomic E-state index is 5.69. The number of rotatable bonds is 6. The predicted molar refractivity (Wildman–Crippen MR) is 74.8 cm³/mol. The first-order valence-electron chi connectivity index (χ1n) is 7.42. The summed E-state index contributed by atoms with van der Waals surface area (Å²) in [7, 11) is 0. The largest absolute Gasteiger partial charge is 0.301 e. The summed E-state index contributed by atoms with van der Waals surface area (Å²) < 4.78 is 0. The van der Waals surface area contributed by atoms with Gasteiger partial charge in [-0.3, -0.25) is 4.90 Å². The Morgan fingerprint density at radius 2 is 1.82 bits per heavy atom. The van der Waals surface area contributed by atoms with E-state index in [0.29, 0.717) is 0 Å². The highest BCUT2D eigenvalue weighted by atomic mass is 35.5. The minimum Gasteiger partial charge on any atom is -0.301 e. The van der Waals surface area contributed by atoms with Crippen LogP contribution >= 0.6 is 11.6 Å². The molecule has 0 aliphatic carbocycles. The Hall–Kier alpha value is 0.210. The Morgan fingerprint density at radius 3 is 2.71 bits per heavy atom. The average molecular weight is 259 g/mol. The van der Waals surface area contributed by atoms with Crippen molar-refractivity contribution < 1.29 is 0 Å². The highest BCUT2D eigenvalue weighted by Gasteiger charge is 2.28. The second kappa shape index (κ2) is 7.60. The highest BCUT2D eigenvalue weighted by Crippen LogP contribution is 2.21. The van der Waals surface area contributed by atoms with E-state index in [1.165, 1.54) is 77.7 Å². The van der Waals surface area contributed by atoms with Crippen LogP contribution in [0.4, 0.5) is 0 Å². The monoisotopic (exact) mass is 258 g/mol. The van der Waals surface area contributed by atoms with Gasteiger partial charge in [-0.15, -0.1) is 11.6 Å². The Labute approximate surface area is 111 Å². The van der Waals surface area contributed by atoms with E-state index in [1.54, 1.807) is 0 Å². The molecule has 100 valence electrons. The lowest BCUT2D eigenvalue weighted by Gasteiger charge is -2.44. The fourth-order valence-corrected chi connectivity index (χ4v) is 3.40. The van der Waals surface area contributed by atoms with Crippen molar-refractivity contribution in [3.63, 3.8) is 0 Å². The van der Waals surface area contributed by atoms with Crippen LogP contribution in [0.1, 0.15) is 44.9 Å². The third-order valence-electron chi connectivity index (χ3n) is 4.28. The molecule has 2 rings (SSSR count). The molecule has 0 saturated carbocycles. The average Bonchev–Trinajstić information content (AvgIpc) is 2.38. The smallest absolute Gasteiger partial charge is 0.0223 e. The number of hydrogen-bond donors (Lipinski definition) is 0. The molecule has 0 N–H and O–H groups in total. The molecule has 1 unspecified atom stereocenters. The molecule has 0 radical (unpaired) electrons. The van der Waals surface area contributed by atoms with Crippen molar-refractivity contribution in [1.29, 1.82) is 0 Å². The molecule has 2 saturated heterocycles. The van der Waals surface area contributed by atoms with Crippen molar-refractivity contribution in [2.45, 2.75) is 51.0 Å². The van der Waals surface area contributed by atoms with Crippen LogP contribution in [0.15, 0.2) is 0 Å². The first-order chi connectivity index (χ1) is 8.40. The number of halogens is 1. The van der Waals surface area contributed by atoms with Crippen molar-refractivity contribution in [3.8, 4) is 0 Å². The van der Waals surface area contributed by atoms with Gasteiger partial charge in [-0.1, -0.05) is 19.3 Å². The number of fused-ring (bicyclic) bond motifs is 1. The number of piperidine rings is 1. The minimum absolute atomic E-state index is 0.834. The fraction of sp³-hybridized carbons (Fsp3) is 1.00. The first kappa shape index (κ1) is 13.6. The Balaban J connectivity index is 1.59. The van der Waals surface area contributed by atoms with E-state index in [2.05, 4.69) is 9.80 Å². The molecule has 0 spiro atoms. The van der Waals surface area contributed by atoms with Gasteiger partial charge >= 0.3 is 0 Å². The van der Waals surface area contributed by atoms with Crippen molar-refractivity contribution in [1.82, 2.24) is 9.80 Å². The van der Waals surface area contributed by atoms with Crippen LogP contribution in [0.25, 0.3) is 0 Å². The van der Waals surface area contributed by atoms with E-state index in [9.17, 15) is 0 Å². The molecule has 0 aromatic heterocycles. The molecule has 2 aliphatic heterocycles. The Bertz CT molecular complexity index is 210. The standard InChI is InChI=1S/C14H27ClN2/c15-8-4-1-2-5-9-16-11-12-17-10-6-3-7-14(17)13-16/h14H,1-13H2. The van der Waals surface area contributed by atoms with Crippen molar-refractivity contribution in [2.75, 3.05) is 38.6 Å². The molecular weight excluding hydrogens is 232 g/mol. The lowest BCUT2D eigenvalue weighted by atomic mass is 9.99. The summed E-state index contributed by atoms with van der Waals surface area (Å²) in [6.07, 6.45) is 9.54. The summed E-state index contributed by atoms with van der Waals surface area (Å²) in [5.74, 6) is 0.834. The van der Waals surface area contributed by atoms with E-state index >= 15 is 0 Å². The topological polar surface area (TPSA) is 6.48 Å². The molecule has 3 heteroatoms. The Kier molecular flexibility index (Phi) is 6.10. The molecule has 17 heavy (non-hydrogen) atoms. The maximum absolute atomic E-state index is 5.69. The summed E-state index contributed by atoms with van der Waals surface area (Å²) in [5, 5.41) is 0. The lowest BCUT2D eigenvalue weighted by molar-refractivity contribution is 0.0486. The van der Waals surface area contributed by atoms with Crippen LogP contribution in [-0.2, 0) is 0 Å². The van der Waals surface area contributed by atoms with Gasteiger partial charge in [-0.05, 0) is 38.8 Å². The van der Waals surface area contributed by atoms with Crippen molar-refractivity contribution in [2.24, 2.45) is 0 Å². The van der Waals surface area contributed by atoms with Crippen LogP contribution in [0.2, 0.25) is 0 Å². The van der Waals surface area contributed by atoms with E-state index in [4.69, 9.17) is 11.6 Å². The van der Waals surface area contributed by atoms with E-state index in [-0.39, 0.29) is 0 Å². The predicted octanol–water partition coefficient (Wildman–Crippen LogP) is 2.96. The van der Waals surface area contributed by atoms with Crippen molar-refractivity contribution >= 4 is 11.6 Å². The summed E-state index contributed by atoms with van der Waals surface area (Å²) in [6, 6.07) is 0.875.